The standard InChI is InChI=1S/C36H21F6OP.C28H18OP.C8H3BrF6/c37-35(38,39)24-19-25(36(40,41)42)21-26(20-24)44(43,33-17-22-9-1-3-11-27(22)29-13-5-7-15-31(29)33)34-18-23-10-2-4-12-28(23)30-14-6-8-16-32(30)34;29-30(27-17-19-9-1-3-11-21(19)23-13-5-7-15-25(23)27)28-18-20-10-2-4-12-22(20)24-14-6-8-16-26(24)28;9-6-2-4(7(10,11)12)1-5(3-6)8(13,14)15/h1-21H;1-18H;1-3H/q;+1;. The number of benzene rings is 14. The maximum absolute atomic E-state index is 16.2. The van der Waals surface area contributed by atoms with Gasteiger partial charge in [0, 0.05) is 43.3 Å². The summed E-state index contributed by atoms with van der Waals surface area (Å²) in [5.74, 6) is 0. The molecule has 0 fully saturated rings. The van der Waals surface area contributed by atoms with Gasteiger partial charge in [0.2, 0.25) is 10.6 Å². The molecule has 0 spiro atoms. The lowest BCUT2D eigenvalue weighted by molar-refractivity contribution is -0.144. The predicted octanol–water partition coefficient (Wildman–Crippen LogP) is 21.5. The average Bonchev–Trinajstić information content (AvgIpc) is 0.849. The second-order valence-electron chi connectivity index (χ2n) is 21.0. The zero-order valence-corrected chi connectivity index (χ0v) is 49.2. The average molecular weight is 1310 g/mol. The smallest absolute Gasteiger partial charge is 0.309 e. The van der Waals surface area contributed by atoms with E-state index in [9.17, 15) is 57.3 Å². The Bertz CT molecular complexity index is 4880. The fraction of sp³-hybridized carbons (Fsp3) is 0.0556. The quantitative estimate of drug-likeness (QED) is 0.0978. The van der Waals surface area contributed by atoms with Gasteiger partial charge in [-0.2, -0.15) is 52.7 Å². The van der Waals surface area contributed by atoms with Crippen LogP contribution in [0.1, 0.15) is 22.3 Å². The molecular formula is C72H42BrF12O2P2+. The molecule has 0 aliphatic carbocycles. The third-order valence-corrected chi connectivity index (χ3v) is 20.7. The summed E-state index contributed by atoms with van der Waals surface area (Å²) in [5.41, 5.74) is -5.69. The lowest BCUT2D eigenvalue weighted by Crippen LogP contribution is -2.28. The summed E-state index contributed by atoms with van der Waals surface area (Å²) in [7, 11) is -6.24. The van der Waals surface area contributed by atoms with E-state index >= 15 is 4.57 Å². The number of rotatable bonds is 5. The van der Waals surface area contributed by atoms with Gasteiger partial charge in [0.15, 0.2) is 7.14 Å². The van der Waals surface area contributed by atoms with Crippen LogP contribution in [0.5, 0.6) is 0 Å². The molecule has 0 bridgehead atoms. The topological polar surface area (TPSA) is 34.1 Å². The van der Waals surface area contributed by atoms with Gasteiger partial charge in [-0.25, -0.2) is 0 Å². The van der Waals surface area contributed by atoms with Crippen molar-refractivity contribution < 1.29 is 61.8 Å². The molecule has 14 rings (SSSR count). The Labute approximate surface area is 508 Å². The summed E-state index contributed by atoms with van der Waals surface area (Å²) in [4.78, 5) is 0. The molecule has 0 radical (unpaired) electrons. The van der Waals surface area contributed by atoms with Crippen molar-refractivity contribution in [3.8, 4) is 0 Å². The van der Waals surface area contributed by atoms with Crippen LogP contribution in [0.25, 0.3) is 86.2 Å². The number of hydrogen-bond acceptors (Lipinski definition) is 2. The van der Waals surface area contributed by atoms with Crippen LogP contribution in [0.15, 0.2) is 259 Å². The fourth-order valence-corrected chi connectivity index (χ4v) is 16.8. The molecule has 14 aromatic rings. The first-order valence-electron chi connectivity index (χ1n) is 27.3. The van der Waals surface area contributed by atoms with Gasteiger partial charge in [-0.15, -0.1) is 0 Å². The first-order valence-corrected chi connectivity index (χ1v) is 31.1. The SMILES string of the molecule is FC(F)(F)c1cc(Br)cc(C(F)(F)F)c1.O=P(c1cc(C(F)(F)F)cc(C(F)(F)F)c1)(c1cc2ccccc2c2ccccc12)c1cc2ccccc2c2ccccc12.O=[P+](c1cc2ccccc2c2ccccc12)c1cc2ccccc2c2ccccc12. The summed E-state index contributed by atoms with van der Waals surface area (Å²) in [6, 6.07) is 72.0. The van der Waals surface area contributed by atoms with Crippen LogP contribution in [0.3, 0.4) is 0 Å². The van der Waals surface area contributed by atoms with E-state index in [-0.39, 0.29) is 27.2 Å². The Hall–Kier alpha value is -8.87. The van der Waals surface area contributed by atoms with E-state index in [1.807, 2.05) is 60.7 Å². The van der Waals surface area contributed by atoms with E-state index in [4.69, 9.17) is 0 Å². The molecule has 0 N–H and O–H groups in total. The van der Waals surface area contributed by atoms with E-state index in [0.717, 1.165) is 53.7 Å². The Kier molecular flexibility index (Phi) is 15.8. The van der Waals surface area contributed by atoms with Crippen molar-refractivity contribution in [2.45, 2.75) is 24.7 Å². The Morgan fingerprint density at radius 3 is 0.820 bits per heavy atom. The van der Waals surface area contributed by atoms with E-state index in [1.54, 1.807) is 72.8 Å². The molecule has 442 valence electrons. The molecule has 0 aromatic heterocycles. The van der Waals surface area contributed by atoms with Crippen molar-refractivity contribution in [1.82, 2.24) is 0 Å². The van der Waals surface area contributed by atoms with Crippen molar-refractivity contribution in [2.75, 3.05) is 0 Å². The van der Waals surface area contributed by atoms with Crippen LogP contribution < -0.4 is 26.5 Å². The summed E-state index contributed by atoms with van der Waals surface area (Å²) in [6.45, 7) is 0. The van der Waals surface area contributed by atoms with E-state index in [1.165, 1.54) is 10.8 Å². The molecule has 0 heterocycles. The molecule has 17 heteroatoms. The van der Waals surface area contributed by atoms with Crippen LogP contribution in [0.4, 0.5) is 52.7 Å². The Morgan fingerprint density at radius 2 is 0.517 bits per heavy atom. The normalized spacial score (nSPS) is 12.4. The number of alkyl halides is 12. The highest BCUT2D eigenvalue weighted by Crippen LogP contribution is 2.51. The predicted molar refractivity (Wildman–Crippen MR) is 340 cm³/mol. The summed E-state index contributed by atoms with van der Waals surface area (Å²) < 4.78 is 188. The molecule has 14 aromatic carbocycles. The minimum absolute atomic E-state index is 0.0742. The van der Waals surface area contributed by atoms with Crippen molar-refractivity contribution in [3.63, 3.8) is 0 Å². The third-order valence-electron chi connectivity index (χ3n) is 15.6. The summed E-state index contributed by atoms with van der Waals surface area (Å²) >= 11 is 2.60. The molecule has 0 aliphatic heterocycles. The largest absolute Gasteiger partial charge is 0.416 e. The molecule has 0 saturated heterocycles. The van der Waals surface area contributed by atoms with Crippen LogP contribution >= 0.6 is 30.9 Å². The van der Waals surface area contributed by atoms with E-state index in [2.05, 4.69) is 101 Å². The minimum Gasteiger partial charge on any atom is -0.309 e. The zero-order valence-electron chi connectivity index (χ0n) is 45.9. The van der Waals surface area contributed by atoms with E-state index < -0.39 is 67.2 Å². The van der Waals surface area contributed by atoms with Gasteiger partial charge >= 0.3 is 32.5 Å². The Balaban J connectivity index is 0.000000147. The molecule has 2 nitrogen and oxygen atoms in total. The highest BCUT2D eigenvalue weighted by atomic mass is 79.9. The van der Waals surface area contributed by atoms with Gasteiger partial charge in [-0.05, 0) is 136 Å². The van der Waals surface area contributed by atoms with Gasteiger partial charge in [0.1, 0.15) is 0 Å². The first-order chi connectivity index (χ1) is 42.4. The van der Waals surface area contributed by atoms with Crippen LogP contribution in [-0.4, -0.2) is 0 Å². The van der Waals surface area contributed by atoms with Crippen LogP contribution in [0.2, 0.25) is 0 Å². The summed E-state index contributed by atoms with van der Waals surface area (Å²) in [6.07, 6.45) is -19.8. The van der Waals surface area contributed by atoms with Gasteiger partial charge in [0.25, 0.3) is 0 Å². The van der Waals surface area contributed by atoms with Gasteiger partial charge in [0.05, 0.1) is 22.3 Å². The maximum Gasteiger partial charge on any atom is 0.416 e. The monoisotopic (exact) mass is 1310 g/mol. The third kappa shape index (κ3) is 11.6. The maximum atomic E-state index is 16.2. The second kappa shape index (κ2) is 23.3. The summed E-state index contributed by atoms with van der Waals surface area (Å²) in [5, 5.41) is 16.0. The van der Waals surface area contributed by atoms with Gasteiger partial charge < -0.3 is 4.57 Å². The highest BCUT2D eigenvalue weighted by Gasteiger charge is 2.42. The molecule has 0 saturated carbocycles. The lowest BCUT2D eigenvalue weighted by Gasteiger charge is -2.26. The minimum atomic E-state index is -5.11. The van der Waals surface area contributed by atoms with E-state index in [0.29, 0.717) is 56.6 Å². The van der Waals surface area contributed by atoms with Crippen molar-refractivity contribution in [2.24, 2.45) is 0 Å². The van der Waals surface area contributed by atoms with Gasteiger partial charge in [-0.3, -0.25) is 0 Å². The first kappa shape index (κ1) is 60.4. The molecule has 89 heavy (non-hydrogen) atoms. The molecular weight excluding hydrogens is 1270 g/mol. The molecule has 0 unspecified atom stereocenters. The number of hydrogen-bond donors (Lipinski definition) is 0. The molecule has 0 amide bonds. The van der Waals surface area contributed by atoms with Gasteiger partial charge in [-0.1, -0.05) is 202 Å². The van der Waals surface area contributed by atoms with Crippen molar-refractivity contribution >= 4 is 144 Å². The molecule has 0 aliphatic rings. The van der Waals surface area contributed by atoms with Crippen LogP contribution in [-0.2, 0) is 33.8 Å². The van der Waals surface area contributed by atoms with Crippen LogP contribution in [0, 0.1) is 0 Å². The lowest BCUT2D eigenvalue weighted by atomic mass is 10.0. The van der Waals surface area contributed by atoms with Crippen molar-refractivity contribution in [3.05, 3.63) is 282 Å². The zero-order chi connectivity index (χ0) is 62.8. The Morgan fingerprint density at radius 1 is 0.281 bits per heavy atom. The molecule has 0 atom stereocenters. The number of halogens is 13. The fourth-order valence-electron chi connectivity index (χ4n) is 11.6. The number of fused-ring (bicyclic) bond motifs is 12. The second-order valence-corrected chi connectivity index (χ2v) is 26.2. The highest BCUT2D eigenvalue weighted by molar-refractivity contribution is 9.10. The van der Waals surface area contributed by atoms with Crippen molar-refractivity contribution in [1.29, 1.82) is 0 Å².